The Morgan fingerprint density at radius 3 is 2.38 bits per heavy atom. The van der Waals surface area contributed by atoms with E-state index in [0.29, 0.717) is 0 Å². The van der Waals surface area contributed by atoms with Crippen LogP contribution in [-0.2, 0) is 19.1 Å². The van der Waals surface area contributed by atoms with Crippen molar-refractivity contribution in [3.05, 3.63) is 0 Å². The third-order valence-electron chi connectivity index (χ3n) is 1.46. The maximum atomic E-state index is 10.8. The predicted octanol–water partition coefficient (Wildman–Crippen LogP) is -1.92. The molecule has 6 nitrogen and oxygen atoms in total. The Kier molecular flexibility index (Phi) is 4.68. The standard InChI is InChI=1S/C6H7NO4.CH4O/c1-11-6(10)4-3(8)2-7-5(4)9;1-2/h4H,2H2,1H3,(H,7,9);2H,1H3. The summed E-state index contributed by atoms with van der Waals surface area (Å²) >= 11 is 0. The van der Waals surface area contributed by atoms with E-state index in [2.05, 4.69) is 10.1 Å². The summed E-state index contributed by atoms with van der Waals surface area (Å²) in [5.74, 6) is -3.02. The zero-order valence-corrected chi connectivity index (χ0v) is 7.36. The summed E-state index contributed by atoms with van der Waals surface area (Å²) in [6.07, 6.45) is 0. The van der Waals surface area contributed by atoms with Crippen LogP contribution in [0.25, 0.3) is 0 Å². The quantitative estimate of drug-likeness (QED) is 0.370. The first-order chi connectivity index (χ1) is 6.16. The number of carbonyl (C=O) groups excluding carboxylic acids is 3. The van der Waals surface area contributed by atoms with Crippen LogP contribution in [0.4, 0.5) is 0 Å². The molecule has 6 heteroatoms. The van der Waals surface area contributed by atoms with E-state index in [1.807, 2.05) is 0 Å². The average molecular weight is 189 g/mol. The Morgan fingerprint density at radius 2 is 2.08 bits per heavy atom. The van der Waals surface area contributed by atoms with E-state index in [1.54, 1.807) is 0 Å². The summed E-state index contributed by atoms with van der Waals surface area (Å²) in [5, 5.41) is 9.25. The summed E-state index contributed by atoms with van der Waals surface area (Å²) in [5.41, 5.74) is 0. The molecule has 1 amide bonds. The molecule has 0 spiro atoms. The Labute approximate surface area is 74.9 Å². The molecule has 1 saturated heterocycles. The fourth-order valence-electron chi connectivity index (χ4n) is 0.881. The second kappa shape index (κ2) is 5.26. The van der Waals surface area contributed by atoms with Gasteiger partial charge in [0.05, 0.1) is 13.7 Å². The maximum absolute atomic E-state index is 10.8. The lowest BCUT2D eigenvalue weighted by molar-refractivity contribution is -0.150. The van der Waals surface area contributed by atoms with Crippen LogP contribution in [0.15, 0.2) is 0 Å². The predicted molar refractivity (Wildman–Crippen MR) is 41.7 cm³/mol. The van der Waals surface area contributed by atoms with Gasteiger partial charge >= 0.3 is 5.97 Å². The maximum Gasteiger partial charge on any atom is 0.325 e. The van der Waals surface area contributed by atoms with Gasteiger partial charge in [-0.25, -0.2) is 0 Å². The molecule has 1 atom stereocenters. The molecule has 13 heavy (non-hydrogen) atoms. The molecule has 0 saturated carbocycles. The van der Waals surface area contributed by atoms with Crippen molar-refractivity contribution in [2.75, 3.05) is 20.8 Å². The van der Waals surface area contributed by atoms with E-state index in [-0.39, 0.29) is 6.54 Å². The van der Waals surface area contributed by atoms with Gasteiger partial charge in [0.2, 0.25) is 5.91 Å². The number of ether oxygens (including phenoxy) is 1. The molecule has 0 aromatic heterocycles. The highest BCUT2D eigenvalue weighted by atomic mass is 16.5. The number of esters is 1. The van der Waals surface area contributed by atoms with Gasteiger partial charge in [0, 0.05) is 7.11 Å². The second-order valence-electron chi connectivity index (χ2n) is 2.14. The van der Waals surface area contributed by atoms with Crippen LogP contribution in [-0.4, -0.2) is 43.5 Å². The lowest BCUT2D eigenvalue weighted by atomic mass is 10.1. The minimum Gasteiger partial charge on any atom is -0.468 e. The summed E-state index contributed by atoms with van der Waals surface area (Å²) in [6.45, 7) is -0.0708. The Morgan fingerprint density at radius 1 is 1.54 bits per heavy atom. The minimum atomic E-state index is -1.24. The molecule has 0 aromatic rings. The van der Waals surface area contributed by atoms with Crippen molar-refractivity contribution < 1.29 is 24.2 Å². The number of hydrogen-bond acceptors (Lipinski definition) is 5. The number of aliphatic hydroxyl groups is 1. The van der Waals surface area contributed by atoms with Gasteiger partial charge in [-0.3, -0.25) is 14.4 Å². The lowest BCUT2D eigenvalue weighted by Gasteiger charge is -2.00. The number of nitrogens with one attached hydrogen (secondary N) is 1. The van der Waals surface area contributed by atoms with Crippen molar-refractivity contribution in [2.45, 2.75) is 0 Å². The third kappa shape index (κ3) is 2.51. The summed E-state index contributed by atoms with van der Waals surface area (Å²) in [6, 6.07) is 0. The highest BCUT2D eigenvalue weighted by molar-refractivity contribution is 6.21. The second-order valence-corrected chi connectivity index (χ2v) is 2.14. The number of aliphatic hydroxyl groups excluding tert-OH is 1. The zero-order valence-electron chi connectivity index (χ0n) is 7.36. The first-order valence-electron chi connectivity index (χ1n) is 3.50. The van der Waals surface area contributed by atoms with Gasteiger partial charge in [-0.2, -0.15) is 0 Å². The number of hydrogen-bond donors (Lipinski definition) is 2. The Hall–Kier alpha value is -1.43. The number of rotatable bonds is 1. The van der Waals surface area contributed by atoms with Crippen LogP contribution in [0.2, 0.25) is 0 Å². The molecule has 1 fully saturated rings. The van der Waals surface area contributed by atoms with Gasteiger partial charge in [-0.1, -0.05) is 0 Å². The molecule has 0 bridgehead atoms. The van der Waals surface area contributed by atoms with Gasteiger partial charge in [-0.05, 0) is 0 Å². The van der Waals surface area contributed by atoms with Crippen molar-refractivity contribution in [3.8, 4) is 0 Å². The number of carbonyl (C=O) groups is 3. The normalized spacial score (nSPS) is 20.1. The highest BCUT2D eigenvalue weighted by Gasteiger charge is 2.39. The lowest BCUT2D eigenvalue weighted by Crippen LogP contribution is -2.28. The van der Waals surface area contributed by atoms with Gasteiger partial charge in [0.1, 0.15) is 0 Å². The van der Waals surface area contributed by atoms with Gasteiger partial charge in [0.15, 0.2) is 11.7 Å². The number of ketones is 1. The fourth-order valence-corrected chi connectivity index (χ4v) is 0.881. The highest BCUT2D eigenvalue weighted by Crippen LogP contribution is 2.06. The van der Waals surface area contributed by atoms with Crippen molar-refractivity contribution >= 4 is 17.7 Å². The fraction of sp³-hybridized carbons (Fsp3) is 0.571. The summed E-state index contributed by atoms with van der Waals surface area (Å²) in [4.78, 5) is 32.3. The smallest absolute Gasteiger partial charge is 0.325 e. The van der Waals surface area contributed by atoms with Crippen molar-refractivity contribution in [3.63, 3.8) is 0 Å². The van der Waals surface area contributed by atoms with Crippen molar-refractivity contribution in [2.24, 2.45) is 5.92 Å². The van der Waals surface area contributed by atoms with E-state index in [0.717, 1.165) is 14.2 Å². The molecule has 74 valence electrons. The molecule has 1 aliphatic heterocycles. The zero-order chi connectivity index (χ0) is 10.4. The van der Waals surface area contributed by atoms with E-state index in [4.69, 9.17) is 5.11 Å². The number of amides is 1. The van der Waals surface area contributed by atoms with E-state index in [9.17, 15) is 14.4 Å². The molecule has 2 N–H and O–H groups in total. The number of methoxy groups -OCH3 is 1. The Bertz CT molecular complexity index is 209. The average Bonchev–Trinajstić information content (AvgIpc) is 2.49. The molecule has 0 radical (unpaired) electrons. The topological polar surface area (TPSA) is 92.7 Å². The molecular weight excluding hydrogens is 178 g/mol. The summed E-state index contributed by atoms with van der Waals surface area (Å²) < 4.78 is 4.25. The van der Waals surface area contributed by atoms with E-state index >= 15 is 0 Å². The first-order valence-corrected chi connectivity index (χ1v) is 3.50. The largest absolute Gasteiger partial charge is 0.468 e. The SMILES string of the molecule is CO.COC(=O)C1C(=O)CNC1=O. The molecule has 0 aromatic carbocycles. The molecule has 1 heterocycles. The first kappa shape index (κ1) is 11.6. The van der Waals surface area contributed by atoms with Crippen molar-refractivity contribution in [1.29, 1.82) is 0 Å². The van der Waals surface area contributed by atoms with E-state index in [1.165, 1.54) is 0 Å². The molecule has 1 aliphatic rings. The van der Waals surface area contributed by atoms with Crippen LogP contribution in [0.1, 0.15) is 0 Å². The monoisotopic (exact) mass is 189 g/mol. The third-order valence-corrected chi connectivity index (χ3v) is 1.46. The van der Waals surface area contributed by atoms with E-state index < -0.39 is 23.6 Å². The minimum absolute atomic E-state index is 0.0708. The number of Topliss-reactive ketones (excluding diaryl/α,β-unsaturated/α-hetero) is 1. The van der Waals surface area contributed by atoms with Crippen LogP contribution in [0.5, 0.6) is 0 Å². The van der Waals surface area contributed by atoms with Crippen LogP contribution >= 0.6 is 0 Å². The van der Waals surface area contributed by atoms with Crippen LogP contribution in [0, 0.1) is 5.92 Å². The Balaban J connectivity index is 0.000000671. The molecule has 1 unspecified atom stereocenters. The van der Waals surface area contributed by atoms with Crippen LogP contribution in [0.3, 0.4) is 0 Å². The molecular formula is C7H11NO5. The van der Waals surface area contributed by atoms with Gasteiger partial charge < -0.3 is 15.2 Å². The summed E-state index contributed by atoms with van der Waals surface area (Å²) in [7, 11) is 2.14. The van der Waals surface area contributed by atoms with Crippen LogP contribution < -0.4 is 5.32 Å². The van der Waals surface area contributed by atoms with Crippen molar-refractivity contribution in [1.82, 2.24) is 5.32 Å². The molecule has 1 rings (SSSR count). The van der Waals surface area contributed by atoms with Gasteiger partial charge in [-0.15, -0.1) is 0 Å². The molecule has 0 aliphatic carbocycles. The van der Waals surface area contributed by atoms with Gasteiger partial charge in [0.25, 0.3) is 0 Å².